The van der Waals surface area contributed by atoms with Crippen molar-refractivity contribution in [3.8, 4) is 11.5 Å². The molecule has 102 valence electrons. The molecular weight excluding hydrogens is 254 g/mol. The molecule has 0 unspecified atom stereocenters. The van der Waals surface area contributed by atoms with Crippen molar-refractivity contribution in [3.63, 3.8) is 0 Å². The van der Waals surface area contributed by atoms with Crippen molar-refractivity contribution >= 4 is 17.4 Å². The van der Waals surface area contributed by atoms with Crippen LogP contribution in [0, 0.1) is 0 Å². The van der Waals surface area contributed by atoms with Gasteiger partial charge in [-0.25, -0.2) is 0 Å². The summed E-state index contributed by atoms with van der Waals surface area (Å²) < 4.78 is 5.65. The Labute approximate surface area is 117 Å². The summed E-state index contributed by atoms with van der Waals surface area (Å²) in [6, 6.07) is 14.0. The van der Waals surface area contributed by atoms with Crippen LogP contribution in [0.2, 0.25) is 0 Å². The van der Waals surface area contributed by atoms with E-state index in [2.05, 4.69) is 5.32 Å². The normalized spacial score (nSPS) is 9.90. The summed E-state index contributed by atoms with van der Waals surface area (Å²) in [6.45, 7) is 2.98. The monoisotopic (exact) mass is 269 g/mol. The van der Waals surface area contributed by atoms with Gasteiger partial charge < -0.3 is 10.1 Å². The Balaban J connectivity index is 2.06. The molecule has 0 heterocycles. The van der Waals surface area contributed by atoms with Crippen LogP contribution in [-0.4, -0.2) is 11.7 Å². The van der Waals surface area contributed by atoms with E-state index in [1.54, 1.807) is 48.5 Å². The van der Waals surface area contributed by atoms with Crippen LogP contribution in [0.4, 0.5) is 5.69 Å². The van der Waals surface area contributed by atoms with Crippen molar-refractivity contribution in [2.75, 3.05) is 5.32 Å². The number of amides is 1. The fourth-order valence-electron chi connectivity index (χ4n) is 1.70. The van der Waals surface area contributed by atoms with Crippen LogP contribution in [-0.2, 0) is 4.79 Å². The van der Waals surface area contributed by atoms with Crippen LogP contribution in [0.25, 0.3) is 0 Å². The smallest absolute Gasteiger partial charge is 0.221 e. The molecule has 2 aromatic rings. The minimum atomic E-state index is -0.113. The highest BCUT2D eigenvalue weighted by Crippen LogP contribution is 2.23. The van der Waals surface area contributed by atoms with Gasteiger partial charge in [0.25, 0.3) is 0 Å². The third kappa shape index (κ3) is 3.68. The third-order valence-corrected chi connectivity index (χ3v) is 2.67. The van der Waals surface area contributed by atoms with E-state index in [1.165, 1.54) is 13.8 Å². The van der Waals surface area contributed by atoms with Crippen molar-refractivity contribution in [2.45, 2.75) is 13.8 Å². The summed E-state index contributed by atoms with van der Waals surface area (Å²) in [5.74, 6) is 1.23. The molecule has 0 spiro atoms. The highest BCUT2D eigenvalue weighted by atomic mass is 16.5. The van der Waals surface area contributed by atoms with Gasteiger partial charge in [-0.3, -0.25) is 9.59 Å². The summed E-state index contributed by atoms with van der Waals surface area (Å²) in [4.78, 5) is 22.1. The fraction of sp³-hybridized carbons (Fsp3) is 0.125. The first kappa shape index (κ1) is 13.8. The molecule has 0 aliphatic rings. The maximum Gasteiger partial charge on any atom is 0.221 e. The average Bonchev–Trinajstić information content (AvgIpc) is 2.41. The van der Waals surface area contributed by atoms with Gasteiger partial charge in [0, 0.05) is 18.2 Å². The van der Waals surface area contributed by atoms with Gasteiger partial charge >= 0.3 is 0 Å². The lowest BCUT2D eigenvalue weighted by Crippen LogP contribution is -2.05. The van der Waals surface area contributed by atoms with Gasteiger partial charge in [-0.05, 0) is 55.5 Å². The summed E-state index contributed by atoms with van der Waals surface area (Å²) in [5.41, 5.74) is 1.37. The maximum atomic E-state index is 11.2. The van der Waals surface area contributed by atoms with Gasteiger partial charge in [-0.2, -0.15) is 0 Å². The quantitative estimate of drug-likeness (QED) is 0.862. The van der Waals surface area contributed by atoms with Gasteiger partial charge in [-0.15, -0.1) is 0 Å². The number of hydrogen-bond donors (Lipinski definition) is 1. The lowest BCUT2D eigenvalue weighted by atomic mass is 10.1. The lowest BCUT2D eigenvalue weighted by Gasteiger charge is -2.07. The van der Waals surface area contributed by atoms with E-state index in [4.69, 9.17) is 4.74 Å². The van der Waals surface area contributed by atoms with E-state index < -0.39 is 0 Å². The number of ketones is 1. The number of carbonyl (C=O) groups is 2. The van der Waals surface area contributed by atoms with Gasteiger partial charge in [0.15, 0.2) is 5.78 Å². The molecule has 0 saturated heterocycles. The maximum absolute atomic E-state index is 11.2. The highest BCUT2D eigenvalue weighted by Gasteiger charge is 2.01. The summed E-state index contributed by atoms with van der Waals surface area (Å²) in [6.07, 6.45) is 0. The first-order chi connectivity index (χ1) is 9.54. The van der Waals surface area contributed by atoms with Crippen molar-refractivity contribution in [2.24, 2.45) is 0 Å². The first-order valence-electron chi connectivity index (χ1n) is 6.21. The molecule has 0 radical (unpaired) electrons. The Hall–Kier alpha value is -2.62. The molecule has 1 N–H and O–H groups in total. The number of carbonyl (C=O) groups excluding carboxylic acids is 2. The van der Waals surface area contributed by atoms with Crippen LogP contribution in [0.5, 0.6) is 11.5 Å². The lowest BCUT2D eigenvalue weighted by molar-refractivity contribution is -0.114. The molecule has 0 bridgehead atoms. The van der Waals surface area contributed by atoms with Crippen LogP contribution in [0.1, 0.15) is 24.2 Å². The number of nitrogens with one attached hydrogen (secondary N) is 1. The van der Waals surface area contributed by atoms with Crippen LogP contribution >= 0.6 is 0 Å². The Morgan fingerprint density at radius 3 is 1.80 bits per heavy atom. The first-order valence-corrected chi connectivity index (χ1v) is 6.21. The zero-order valence-corrected chi connectivity index (χ0v) is 11.3. The Kier molecular flexibility index (Phi) is 4.15. The predicted molar refractivity (Wildman–Crippen MR) is 77.3 cm³/mol. The minimum Gasteiger partial charge on any atom is -0.457 e. The molecule has 0 aliphatic heterocycles. The predicted octanol–water partition coefficient (Wildman–Crippen LogP) is 3.64. The second kappa shape index (κ2) is 6.02. The van der Waals surface area contributed by atoms with Crippen molar-refractivity contribution < 1.29 is 14.3 Å². The SMILES string of the molecule is CC(=O)Nc1ccc(Oc2ccc(C(C)=O)cc2)cc1. The third-order valence-electron chi connectivity index (χ3n) is 2.67. The average molecular weight is 269 g/mol. The molecule has 0 atom stereocenters. The highest BCUT2D eigenvalue weighted by molar-refractivity contribution is 5.94. The van der Waals surface area contributed by atoms with E-state index in [-0.39, 0.29) is 11.7 Å². The van der Waals surface area contributed by atoms with Crippen LogP contribution in [0.15, 0.2) is 48.5 Å². The van der Waals surface area contributed by atoms with Crippen LogP contribution < -0.4 is 10.1 Å². The van der Waals surface area contributed by atoms with Crippen molar-refractivity contribution in [1.29, 1.82) is 0 Å². The number of ether oxygens (including phenoxy) is 1. The Morgan fingerprint density at radius 1 is 0.850 bits per heavy atom. The molecule has 4 heteroatoms. The fourth-order valence-corrected chi connectivity index (χ4v) is 1.70. The number of hydrogen-bond acceptors (Lipinski definition) is 3. The molecule has 2 aromatic carbocycles. The van der Waals surface area contributed by atoms with Gasteiger partial charge in [-0.1, -0.05) is 0 Å². The number of Topliss-reactive ketones (excluding diaryl/α,β-unsaturated/α-hetero) is 1. The molecule has 4 nitrogen and oxygen atoms in total. The zero-order valence-electron chi connectivity index (χ0n) is 11.3. The Morgan fingerprint density at radius 2 is 1.35 bits per heavy atom. The standard InChI is InChI=1S/C16H15NO3/c1-11(18)13-3-7-15(8-4-13)20-16-9-5-14(6-10-16)17-12(2)19/h3-10H,1-2H3,(H,17,19). The van der Waals surface area contributed by atoms with Crippen molar-refractivity contribution in [1.82, 2.24) is 0 Å². The molecule has 0 aromatic heterocycles. The van der Waals surface area contributed by atoms with Gasteiger partial charge in [0.1, 0.15) is 11.5 Å². The second-order valence-electron chi connectivity index (χ2n) is 4.39. The molecular formula is C16H15NO3. The summed E-state index contributed by atoms with van der Waals surface area (Å²) in [7, 11) is 0. The molecule has 1 amide bonds. The van der Waals surface area contributed by atoms with E-state index in [0.29, 0.717) is 17.1 Å². The number of rotatable bonds is 4. The molecule has 0 aliphatic carbocycles. The van der Waals surface area contributed by atoms with Gasteiger partial charge in [0.05, 0.1) is 0 Å². The zero-order chi connectivity index (χ0) is 14.5. The molecule has 2 rings (SSSR count). The number of benzene rings is 2. The van der Waals surface area contributed by atoms with Gasteiger partial charge in [0.2, 0.25) is 5.91 Å². The van der Waals surface area contributed by atoms with E-state index in [0.717, 1.165) is 5.69 Å². The summed E-state index contributed by atoms with van der Waals surface area (Å²) >= 11 is 0. The van der Waals surface area contributed by atoms with E-state index in [1.807, 2.05) is 0 Å². The van der Waals surface area contributed by atoms with E-state index in [9.17, 15) is 9.59 Å². The molecule has 20 heavy (non-hydrogen) atoms. The molecule has 0 saturated carbocycles. The van der Waals surface area contributed by atoms with Crippen LogP contribution in [0.3, 0.4) is 0 Å². The number of anilines is 1. The van der Waals surface area contributed by atoms with Crippen molar-refractivity contribution in [3.05, 3.63) is 54.1 Å². The minimum absolute atomic E-state index is 0.0243. The topological polar surface area (TPSA) is 55.4 Å². The largest absolute Gasteiger partial charge is 0.457 e. The van der Waals surface area contributed by atoms with E-state index >= 15 is 0 Å². The molecule has 0 fully saturated rings. The Bertz CT molecular complexity index is 615. The second-order valence-corrected chi connectivity index (χ2v) is 4.39. The summed E-state index contributed by atoms with van der Waals surface area (Å²) in [5, 5.41) is 2.68.